The lowest BCUT2D eigenvalue weighted by atomic mass is 10.2. The van der Waals surface area contributed by atoms with Gasteiger partial charge in [-0.3, -0.25) is 4.79 Å². The van der Waals surface area contributed by atoms with Crippen LogP contribution in [-0.2, 0) is 19.4 Å². The summed E-state index contributed by atoms with van der Waals surface area (Å²) in [5, 5.41) is 2.74. The number of nitrogens with one attached hydrogen (secondary N) is 1. The minimum absolute atomic E-state index is 0.0606. The van der Waals surface area contributed by atoms with Gasteiger partial charge < -0.3 is 10.1 Å². The molecule has 1 aliphatic carbocycles. The maximum Gasteiger partial charge on any atom is 0.340 e. The number of hydrogen-bond acceptors (Lipinski definition) is 6. The number of esters is 1. The van der Waals surface area contributed by atoms with E-state index in [0.29, 0.717) is 16.9 Å². The number of sulfone groups is 1. The molecule has 1 aliphatic heterocycles. The van der Waals surface area contributed by atoms with Gasteiger partial charge >= 0.3 is 5.97 Å². The molecule has 1 N–H and O–H groups in total. The van der Waals surface area contributed by atoms with Crippen molar-refractivity contribution < 1.29 is 22.7 Å². The zero-order valence-corrected chi connectivity index (χ0v) is 15.6. The molecule has 1 saturated heterocycles. The minimum Gasteiger partial charge on any atom is -0.449 e. The van der Waals surface area contributed by atoms with E-state index in [9.17, 15) is 18.0 Å². The van der Waals surface area contributed by atoms with Crippen LogP contribution in [0.25, 0.3) is 0 Å². The Morgan fingerprint density at radius 1 is 1.24 bits per heavy atom. The van der Waals surface area contributed by atoms with Crippen molar-refractivity contribution in [2.75, 3.05) is 11.5 Å². The van der Waals surface area contributed by atoms with Crippen LogP contribution in [0.5, 0.6) is 0 Å². The Hall–Kier alpha value is -1.54. The Kier molecular flexibility index (Phi) is 5.38. The maximum absolute atomic E-state index is 12.4. The van der Waals surface area contributed by atoms with Gasteiger partial charge in [0.05, 0.1) is 17.1 Å². The molecule has 1 saturated carbocycles. The average molecular weight is 383 g/mol. The highest BCUT2D eigenvalue weighted by Crippen LogP contribution is 2.33. The minimum atomic E-state index is -2.97. The van der Waals surface area contributed by atoms with Gasteiger partial charge in [0.1, 0.15) is 0 Å². The van der Waals surface area contributed by atoms with Crippen molar-refractivity contribution in [2.24, 2.45) is 0 Å². The third-order valence-corrected chi connectivity index (χ3v) is 7.49. The van der Waals surface area contributed by atoms with E-state index < -0.39 is 21.9 Å². The standard InChI is InChI=1S/C17H21NO5S2/c1-11(16(19)18-12-6-7-12)23-17(20)14-4-2-3-5-15(14)24-13-8-9-25(21,22)10-13/h2-5,11-13H,6-10H2,1H3,(H,18,19)/t11-,13+/m0/s1. The molecule has 2 fully saturated rings. The number of hydrogen-bond donors (Lipinski definition) is 1. The molecule has 0 bridgehead atoms. The van der Waals surface area contributed by atoms with Gasteiger partial charge in [0.15, 0.2) is 15.9 Å². The molecule has 0 spiro atoms. The van der Waals surface area contributed by atoms with Gasteiger partial charge in [0.2, 0.25) is 0 Å². The molecule has 0 radical (unpaired) electrons. The maximum atomic E-state index is 12.4. The molecule has 1 heterocycles. The molecule has 0 aromatic heterocycles. The smallest absolute Gasteiger partial charge is 0.340 e. The van der Waals surface area contributed by atoms with Gasteiger partial charge in [-0.05, 0) is 38.3 Å². The number of carbonyl (C=O) groups is 2. The Morgan fingerprint density at radius 2 is 1.96 bits per heavy atom. The van der Waals surface area contributed by atoms with E-state index in [0.717, 1.165) is 12.8 Å². The van der Waals surface area contributed by atoms with Crippen molar-refractivity contribution >= 4 is 33.5 Å². The second-order valence-corrected chi connectivity index (χ2v) is 10.0. The number of rotatable bonds is 6. The summed E-state index contributed by atoms with van der Waals surface area (Å²) in [5.74, 6) is -0.540. The number of amides is 1. The van der Waals surface area contributed by atoms with Crippen molar-refractivity contribution in [2.45, 2.75) is 48.5 Å². The SMILES string of the molecule is C[C@H](OC(=O)c1ccccc1S[C@@H]1CCS(=O)(=O)C1)C(=O)NC1CC1. The average Bonchev–Trinajstić information content (AvgIpc) is 3.30. The zero-order chi connectivity index (χ0) is 18.0. The van der Waals surface area contributed by atoms with Crippen LogP contribution in [0.2, 0.25) is 0 Å². The lowest BCUT2D eigenvalue weighted by Gasteiger charge is -2.15. The van der Waals surface area contributed by atoms with Gasteiger partial charge in [-0.25, -0.2) is 13.2 Å². The topological polar surface area (TPSA) is 89.5 Å². The van der Waals surface area contributed by atoms with E-state index in [4.69, 9.17) is 4.74 Å². The summed E-state index contributed by atoms with van der Waals surface area (Å²) in [6.07, 6.45) is 1.65. The highest BCUT2D eigenvalue weighted by Gasteiger charge is 2.31. The number of thioether (sulfide) groups is 1. The molecular formula is C17H21NO5S2. The molecule has 6 nitrogen and oxygen atoms in total. The number of ether oxygens (including phenoxy) is 1. The number of carbonyl (C=O) groups excluding carboxylic acids is 2. The Bertz CT molecular complexity index is 773. The van der Waals surface area contributed by atoms with Gasteiger partial charge in [-0.2, -0.15) is 0 Å². The van der Waals surface area contributed by atoms with Crippen molar-refractivity contribution in [3.05, 3.63) is 29.8 Å². The molecule has 1 aromatic carbocycles. The molecule has 1 aromatic rings. The zero-order valence-electron chi connectivity index (χ0n) is 13.9. The van der Waals surface area contributed by atoms with E-state index >= 15 is 0 Å². The van der Waals surface area contributed by atoms with Gasteiger partial charge in [0, 0.05) is 16.2 Å². The lowest BCUT2D eigenvalue weighted by Crippen LogP contribution is -2.37. The van der Waals surface area contributed by atoms with Crippen LogP contribution in [-0.4, -0.2) is 49.2 Å². The molecule has 2 aliphatic rings. The summed E-state index contributed by atoms with van der Waals surface area (Å²) >= 11 is 1.38. The van der Waals surface area contributed by atoms with E-state index in [-0.39, 0.29) is 28.7 Å². The normalized spacial score (nSPS) is 23.0. The molecule has 136 valence electrons. The Labute approximate surface area is 151 Å². The largest absolute Gasteiger partial charge is 0.449 e. The third kappa shape index (κ3) is 4.98. The molecule has 8 heteroatoms. The van der Waals surface area contributed by atoms with Crippen molar-refractivity contribution in [3.63, 3.8) is 0 Å². The fourth-order valence-corrected chi connectivity index (χ4v) is 6.21. The first kappa shape index (κ1) is 18.3. The predicted molar refractivity (Wildman–Crippen MR) is 95.4 cm³/mol. The summed E-state index contributed by atoms with van der Waals surface area (Å²) < 4.78 is 28.5. The lowest BCUT2D eigenvalue weighted by molar-refractivity contribution is -0.129. The summed E-state index contributed by atoms with van der Waals surface area (Å²) in [5.41, 5.74) is 0.364. The van der Waals surface area contributed by atoms with Crippen LogP contribution in [0.15, 0.2) is 29.2 Å². The summed E-state index contributed by atoms with van der Waals surface area (Å²) in [7, 11) is -2.97. The first-order valence-electron chi connectivity index (χ1n) is 8.31. The molecule has 25 heavy (non-hydrogen) atoms. The molecular weight excluding hydrogens is 362 g/mol. The fraction of sp³-hybridized carbons (Fsp3) is 0.529. The second-order valence-electron chi connectivity index (χ2n) is 6.47. The fourth-order valence-electron chi connectivity index (χ4n) is 2.60. The highest BCUT2D eigenvalue weighted by atomic mass is 32.2. The van der Waals surface area contributed by atoms with Crippen LogP contribution in [0, 0.1) is 0 Å². The molecule has 2 atom stereocenters. The first-order valence-corrected chi connectivity index (χ1v) is 11.0. The highest BCUT2D eigenvalue weighted by molar-refractivity contribution is 8.02. The summed E-state index contributed by atoms with van der Waals surface area (Å²) in [6.45, 7) is 1.55. The third-order valence-electron chi connectivity index (χ3n) is 4.17. The van der Waals surface area contributed by atoms with E-state index in [1.807, 2.05) is 0 Å². The van der Waals surface area contributed by atoms with Gasteiger partial charge in [0.25, 0.3) is 5.91 Å². The molecule has 1 amide bonds. The summed E-state index contributed by atoms with van der Waals surface area (Å²) in [6, 6.07) is 7.15. The monoisotopic (exact) mass is 383 g/mol. The number of benzene rings is 1. The molecule has 3 rings (SSSR count). The Balaban J connectivity index is 1.65. The van der Waals surface area contributed by atoms with E-state index in [2.05, 4.69) is 5.32 Å². The van der Waals surface area contributed by atoms with Crippen LogP contribution < -0.4 is 5.32 Å². The van der Waals surface area contributed by atoms with Crippen molar-refractivity contribution in [1.82, 2.24) is 5.32 Å². The Morgan fingerprint density at radius 3 is 2.60 bits per heavy atom. The van der Waals surface area contributed by atoms with Crippen LogP contribution in [0.4, 0.5) is 0 Å². The predicted octanol–water partition coefficient (Wildman–Crippen LogP) is 1.79. The van der Waals surface area contributed by atoms with Gasteiger partial charge in [-0.1, -0.05) is 12.1 Å². The van der Waals surface area contributed by atoms with E-state index in [1.54, 1.807) is 31.2 Å². The first-order chi connectivity index (χ1) is 11.8. The van der Waals surface area contributed by atoms with Crippen molar-refractivity contribution in [3.8, 4) is 0 Å². The van der Waals surface area contributed by atoms with Crippen LogP contribution >= 0.6 is 11.8 Å². The summed E-state index contributed by atoms with van der Waals surface area (Å²) in [4.78, 5) is 25.1. The van der Waals surface area contributed by atoms with Crippen LogP contribution in [0.3, 0.4) is 0 Å². The van der Waals surface area contributed by atoms with E-state index in [1.165, 1.54) is 11.8 Å². The quantitative estimate of drug-likeness (QED) is 0.754. The van der Waals surface area contributed by atoms with Crippen LogP contribution in [0.1, 0.15) is 36.5 Å². The van der Waals surface area contributed by atoms with Gasteiger partial charge in [-0.15, -0.1) is 11.8 Å². The van der Waals surface area contributed by atoms with Crippen molar-refractivity contribution in [1.29, 1.82) is 0 Å². The second kappa shape index (κ2) is 7.37. The molecule has 0 unspecified atom stereocenters.